The Balaban J connectivity index is 0.978. The molecule has 0 unspecified atom stereocenters. The van der Waals surface area contributed by atoms with E-state index in [9.17, 15) is 0 Å². The van der Waals surface area contributed by atoms with E-state index in [-0.39, 0.29) is 0 Å². The third-order valence-corrected chi connectivity index (χ3v) is 14.5. The van der Waals surface area contributed by atoms with Crippen molar-refractivity contribution in [1.29, 1.82) is 0 Å². The van der Waals surface area contributed by atoms with Crippen molar-refractivity contribution >= 4 is 109 Å². The lowest BCUT2D eigenvalue weighted by atomic mass is 9.89. The Labute approximate surface area is 384 Å². The standard InChI is InChI=1S/C64H38N2O/c1-5-26-48-44(22-1)60(45-23-2-6-27-49(45)62(48)65-55-32-13-9-18-40(55)41-19-10-14-33-56(41)65)39-36-37-59-54(38-39)52-30-17-31-53(64(52)67-59)61-46-24-3-7-28-50(46)63(51-29-8-4-25-47(51)61)66-57-34-15-11-20-42(57)43-21-12-16-35-58(43)66/h1-38H. The number of fused-ring (bicyclic) bond motifs is 13. The normalized spacial score (nSPS) is 12.2. The summed E-state index contributed by atoms with van der Waals surface area (Å²) in [4.78, 5) is 0. The van der Waals surface area contributed by atoms with Crippen molar-refractivity contribution in [3.05, 3.63) is 231 Å². The molecule has 0 aliphatic heterocycles. The minimum absolute atomic E-state index is 0.872. The van der Waals surface area contributed by atoms with Crippen LogP contribution in [0, 0.1) is 0 Å². The molecule has 0 saturated heterocycles. The Morgan fingerprint density at radius 1 is 0.254 bits per heavy atom. The van der Waals surface area contributed by atoms with Gasteiger partial charge in [-0.3, -0.25) is 0 Å². The molecular weight excluding hydrogens is 813 g/mol. The van der Waals surface area contributed by atoms with Gasteiger partial charge in [0, 0.05) is 65.0 Å². The fourth-order valence-corrected chi connectivity index (χ4v) is 11.8. The monoisotopic (exact) mass is 850 g/mol. The molecule has 0 aliphatic carbocycles. The third kappa shape index (κ3) is 5.00. The molecule has 0 spiro atoms. The second-order valence-electron chi connectivity index (χ2n) is 17.9. The van der Waals surface area contributed by atoms with Gasteiger partial charge in [0.05, 0.1) is 33.4 Å². The molecule has 15 rings (SSSR count). The molecule has 67 heavy (non-hydrogen) atoms. The summed E-state index contributed by atoms with van der Waals surface area (Å²) in [5.41, 5.74) is 13.6. The van der Waals surface area contributed by atoms with Gasteiger partial charge >= 0.3 is 0 Å². The Kier molecular flexibility index (Phi) is 7.50. The van der Waals surface area contributed by atoms with Crippen LogP contribution in [0.1, 0.15) is 0 Å². The maximum Gasteiger partial charge on any atom is 0.143 e. The number of hydrogen-bond donors (Lipinski definition) is 0. The van der Waals surface area contributed by atoms with Gasteiger partial charge in [-0.2, -0.15) is 0 Å². The van der Waals surface area contributed by atoms with Gasteiger partial charge in [0.1, 0.15) is 11.2 Å². The molecule has 0 radical (unpaired) electrons. The minimum atomic E-state index is 0.872. The van der Waals surface area contributed by atoms with Crippen LogP contribution in [0.15, 0.2) is 235 Å². The number of nitrogens with zero attached hydrogens (tertiary/aromatic N) is 2. The van der Waals surface area contributed by atoms with Gasteiger partial charge in [0.15, 0.2) is 0 Å². The van der Waals surface area contributed by atoms with Crippen LogP contribution in [0.5, 0.6) is 0 Å². The van der Waals surface area contributed by atoms with E-state index in [2.05, 4.69) is 240 Å². The van der Waals surface area contributed by atoms with Gasteiger partial charge in [-0.25, -0.2) is 0 Å². The van der Waals surface area contributed by atoms with Crippen LogP contribution in [-0.4, -0.2) is 9.13 Å². The molecule has 310 valence electrons. The summed E-state index contributed by atoms with van der Waals surface area (Å²) >= 11 is 0. The molecule has 3 aromatic heterocycles. The summed E-state index contributed by atoms with van der Waals surface area (Å²) in [6.45, 7) is 0. The van der Waals surface area contributed by atoms with Crippen molar-refractivity contribution in [1.82, 2.24) is 9.13 Å². The number of benzene rings is 12. The number of hydrogen-bond acceptors (Lipinski definition) is 1. The van der Waals surface area contributed by atoms with Crippen molar-refractivity contribution in [2.45, 2.75) is 0 Å². The van der Waals surface area contributed by atoms with E-state index in [0.717, 1.165) is 33.1 Å². The summed E-state index contributed by atoms with van der Waals surface area (Å²) < 4.78 is 12.0. The van der Waals surface area contributed by atoms with Crippen LogP contribution in [0.3, 0.4) is 0 Å². The van der Waals surface area contributed by atoms with Crippen molar-refractivity contribution in [2.24, 2.45) is 0 Å². The first-order valence-electron chi connectivity index (χ1n) is 23.1. The summed E-state index contributed by atoms with van der Waals surface area (Å²) in [6, 6.07) is 84.4. The SMILES string of the molecule is c1ccc2c(-n3c4ccccc4c4ccccc43)c3ccccc3c(-c3ccc4oc5c(-c6c7ccccc7c(-n7c8ccccc8c8ccccc87)c7ccccc67)cccc5c4c3)c2c1. The van der Waals surface area contributed by atoms with Gasteiger partial charge in [-0.15, -0.1) is 0 Å². The molecule has 12 aromatic carbocycles. The Bertz CT molecular complexity index is 4360. The van der Waals surface area contributed by atoms with Gasteiger partial charge in [0.25, 0.3) is 0 Å². The van der Waals surface area contributed by atoms with Gasteiger partial charge in [-0.05, 0) is 69.1 Å². The van der Waals surface area contributed by atoms with Crippen LogP contribution in [-0.2, 0) is 0 Å². The number of furan rings is 1. The lowest BCUT2D eigenvalue weighted by Gasteiger charge is -2.19. The highest BCUT2D eigenvalue weighted by atomic mass is 16.3. The van der Waals surface area contributed by atoms with Crippen molar-refractivity contribution in [3.8, 4) is 33.6 Å². The van der Waals surface area contributed by atoms with Gasteiger partial charge in [0.2, 0.25) is 0 Å². The molecule has 0 bridgehead atoms. The molecule has 3 heteroatoms. The fourth-order valence-electron chi connectivity index (χ4n) is 11.8. The largest absolute Gasteiger partial charge is 0.455 e. The highest BCUT2D eigenvalue weighted by Gasteiger charge is 2.24. The lowest BCUT2D eigenvalue weighted by Crippen LogP contribution is -1.99. The average molecular weight is 851 g/mol. The van der Waals surface area contributed by atoms with Crippen molar-refractivity contribution < 1.29 is 4.42 Å². The lowest BCUT2D eigenvalue weighted by molar-refractivity contribution is 0.670. The quantitative estimate of drug-likeness (QED) is 0.162. The number of aromatic nitrogens is 2. The van der Waals surface area contributed by atoms with Gasteiger partial charge in [-0.1, -0.05) is 194 Å². The van der Waals surface area contributed by atoms with E-state index in [1.807, 2.05) is 0 Å². The summed E-state index contributed by atoms with van der Waals surface area (Å²) in [5, 5.41) is 16.8. The van der Waals surface area contributed by atoms with Gasteiger partial charge < -0.3 is 13.6 Å². The van der Waals surface area contributed by atoms with E-state index in [0.29, 0.717) is 0 Å². The average Bonchev–Trinajstić information content (AvgIpc) is 4.05. The predicted molar refractivity (Wildman–Crippen MR) is 283 cm³/mol. The summed E-state index contributed by atoms with van der Waals surface area (Å²) in [6.07, 6.45) is 0. The first kappa shape index (κ1) is 36.4. The second kappa shape index (κ2) is 13.8. The number of para-hydroxylation sites is 5. The van der Waals surface area contributed by atoms with Crippen LogP contribution >= 0.6 is 0 Å². The van der Waals surface area contributed by atoms with Crippen LogP contribution < -0.4 is 0 Å². The minimum Gasteiger partial charge on any atom is -0.455 e. The first-order chi connectivity index (χ1) is 33.3. The molecule has 3 heterocycles. The molecule has 0 aliphatic rings. The fraction of sp³-hybridized carbons (Fsp3) is 0. The van der Waals surface area contributed by atoms with Crippen LogP contribution in [0.2, 0.25) is 0 Å². The topological polar surface area (TPSA) is 23.0 Å². The molecule has 3 nitrogen and oxygen atoms in total. The van der Waals surface area contributed by atoms with E-state index in [1.54, 1.807) is 0 Å². The summed E-state index contributed by atoms with van der Waals surface area (Å²) in [7, 11) is 0. The first-order valence-corrected chi connectivity index (χ1v) is 23.1. The molecule has 0 saturated carbocycles. The molecule has 0 fully saturated rings. The zero-order chi connectivity index (χ0) is 43.7. The molecule has 0 amide bonds. The molecule has 15 aromatic rings. The smallest absolute Gasteiger partial charge is 0.143 e. The van der Waals surface area contributed by atoms with Crippen LogP contribution in [0.25, 0.3) is 142 Å². The van der Waals surface area contributed by atoms with E-state index >= 15 is 0 Å². The predicted octanol–water partition coefficient (Wildman–Crippen LogP) is 17.7. The Morgan fingerprint density at radius 3 is 1.01 bits per heavy atom. The summed E-state index contributed by atoms with van der Waals surface area (Å²) in [5.74, 6) is 0. The molecule has 0 N–H and O–H groups in total. The third-order valence-electron chi connectivity index (χ3n) is 14.5. The zero-order valence-electron chi connectivity index (χ0n) is 36.2. The Morgan fingerprint density at radius 2 is 0.597 bits per heavy atom. The van der Waals surface area contributed by atoms with E-state index in [1.165, 1.54) is 109 Å². The highest BCUT2D eigenvalue weighted by Crippen LogP contribution is 2.49. The second-order valence-corrected chi connectivity index (χ2v) is 17.9. The van der Waals surface area contributed by atoms with E-state index < -0.39 is 0 Å². The van der Waals surface area contributed by atoms with E-state index in [4.69, 9.17) is 4.42 Å². The van der Waals surface area contributed by atoms with Crippen molar-refractivity contribution in [3.63, 3.8) is 0 Å². The number of rotatable bonds is 4. The van der Waals surface area contributed by atoms with Crippen molar-refractivity contribution in [2.75, 3.05) is 0 Å². The zero-order valence-corrected chi connectivity index (χ0v) is 36.2. The molecular formula is C64H38N2O. The maximum atomic E-state index is 7.06. The molecule has 0 atom stereocenters. The Hall–Kier alpha value is -8.92. The highest BCUT2D eigenvalue weighted by molar-refractivity contribution is 6.25. The van der Waals surface area contributed by atoms with Crippen LogP contribution in [0.4, 0.5) is 0 Å². The maximum absolute atomic E-state index is 7.06.